The largest absolute Gasteiger partial charge is 0.467 e. The SMILES string of the molecule is COc1nccc(-n2nc(C)nc2C)n1. The molecule has 0 atom stereocenters. The maximum atomic E-state index is 4.94. The van der Waals surface area contributed by atoms with E-state index in [9.17, 15) is 0 Å². The Balaban J connectivity index is 2.49. The number of rotatable bonds is 2. The van der Waals surface area contributed by atoms with Gasteiger partial charge in [-0.05, 0) is 13.8 Å². The maximum absolute atomic E-state index is 4.94. The molecule has 0 radical (unpaired) electrons. The second-order valence-electron chi connectivity index (χ2n) is 3.02. The number of aryl methyl sites for hydroxylation is 2. The molecule has 0 aromatic carbocycles. The molecular formula is C9H11N5O. The predicted octanol–water partition coefficient (Wildman–Crippen LogP) is 0.683. The Morgan fingerprint density at radius 2 is 2.07 bits per heavy atom. The quantitative estimate of drug-likeness (QED) is 0.721. The molecule has 0 saturated carbocycles. The summed E-state index contributed by atoms with van der Waals surface area (Å²) in [5.41, 5.74) is 0. The molecule has 0 aliphatic carbocycles. The van der Waals surface area contributed by atoms with E-state index in [0.29, 0.717) is 17.7 Å². The number of hydrogen-bond acceptors (Lipinski definition) is 5. The second kappa shape index (κ2) is 3.64. The van der Waals surface area contributed by atoms with Crippen molar-refractivity contribution in [1.82, 2.24) is 24.7 Å². The highest BCUT2D eigenvalue weighted by Gasteiger charge is 2.07. The van der Waals surface area contributed by atoms with Crippen LogP contribution in [0.4, 0.5) is 0 Å². The molecule has 0 amide bonds. The third kappa shape index (κ3) is 1.78. The van der Waals surface area contributed by atoms with Crippen LogP contribution in [0.25, 0.3) is 5.82 Å². The summed E-state index contributed by atoms with van der Waals surface area (Å²) in [5.74, 6) is 2.15. The first-order valence-corrected chi connectivity index (χ1v) is 4.48. The van der Waals surface area contributed by atoms with E-state index in [1.807, 2.05) is 13.8 Å². The zero-order valence-corrected chi connectivity index (χ0v) is 8.80. The van der Waals surface area contributed by atoms with Gasteiger partial charge in [0.25, 0.3) is 0 Å². The summed E-state index contributed by atoms with van der Waals surface area (Å²) in [7, 11) is 1.53. The lowest BCUT2D eigenvalue weighted by Crippen LogP contribution is -2.04. The van der Waals surface area contributed by atoms with Gasteiger partial charge in [-0.1, -0.05) is 0 Å². The highest BCUT2D eigenvalue weighted by atomic mass is 16.5. The molecule has 15 heavy (non-hydrogen) atoms. The Morgan fingerprint density at radius 1 is 1.27 bits per heavy atom. The van der Waals surface area contributed by atoms with Crippen molar-refractivity contribution in [2.24, 2.45) is 0 Å². The van der Waals surface area contributed by atoms with Gasteiger partial charge in [-0.15, -0.1) is 5.10 Å². The zero-order chi connectivity index (χ0) is 10.8. The summed E-state index contributed by atoms with van der Waals surface area (Å²) in [6.07, 6.45) is 1.62. The molecule has 2 heterocycles. The van der Waals surface area contributed by atoms with Crippen LogP contribution >= 0.6 is 0 Å². The molecule has 6 heteroatoms. The third-order valence-electron chi connectivity index (χ3n) is 1.89. The molecule has 0 fully saturated rings. The minimum Gasteiger partial charge on any atom is -0.467 e. The van der Waals surface area contributed by atoms with Gasteiger partial charge in [0.05, 0.1) is 7.11 Å². The van der Waals surface area contributed by atoms with Crippen LogP contribution < -0.4 is 4.74 Å². The Bertz CT molecular complexity index is 479. The monoisotopic (exact) mass is 205 g/mol. The highest BCUT2D eigenvalue weighted by molar-refractivity contribution is 5.22. The molecule has 6 nitrogen and oxygen atoms in total. The molecule has 0 N–H and O–H groups in total. The average molecular weight is 205 g/mol. The summed E-state index contributed by atoms with van der Waals surface area (Å²) in [4.78, 5) is 12.3. The van der Waals surface area contributed by atoms with Crippen molar-refractivity contribution in [3.8, 4) is 11.8 Å². The van der Waals surface area contributed by atoms with Crippen molar-refractivity contribution < 1.29 is 4.74 Å². The number of ether oxygens (including phenoxy) is 1. The van der Waals surface area contributed by atoms with Crippen LogP contribution in [0.15, 0.2) is 12.3 Å². The summed E-state index contributed by atoms with van der Waals surface area (Å²) in [6.45, 7) is 3.70. The van der Waals surface area contributed by atoms with Gasteiger partial charge in [-0.25, -0.2) is 9.97 Å². The first-order valence-electron chi connectivity index (χ1n) is 4.48. The summed E-state index contributed by atoms with van der Waals surface area (Å²) in [6, 6.07) is 2.07. The van der Waals surface area contributed by atoms with Crippen LogP contribution in [0, 0.1) is 13.8 Å². The first kappa shape index (κ1) is 9.57. The van der Waals surface area contributed by atoms with Crippen LogP contribution in [-0.4, -0.2) is 31.8 Å². The van der Waals surface area contributed by atoms with E-state index < -0.39 is 0 Å². The molecule has 2 aromatic rings. The van der Waals surface area contributed by atoms with Gasteiger partial charge in [-0.3, -0.25) is 0 Å². The maximum Gasteiger partial charge on any atom is 0.318 e. The molecule has 0 saturated heterocycles. The molecule has 0 bridgehead atoms. The average Bonchev–Trinajstić information content (AvgIpc) is 2.58. The van der Waals surface area contributed by atoms with Crippen LogP contribution in [0.1, 0.15) is 11.6 Å². The Hall–Kier alpha value is -1.98. The van der Waals surface area contributed by atoms with Crippen molar-refractivity contribution in [1.29, 1.82) is 0 Å². The van der Waals surface area contributed by atoms with Gasteiger partial charge < -0.3 is 4.74 Å². The molecule has 78 valence electrons. The van der Waals surface area contributed by atoms with E-state index in [1.165, 1.54) is 7.11 Å². The van der Waals surface area contributed by atoms with E-state index in [0.717, 1.165) is 5.82 Å². The van der Waals surface area contributed by atoms with E-state index in [4.69, 9.17) is 4.74 Å². The van der Waals surface area contributed by atoms with Crippen molar-refractivity contribution in [2.45, 2.75) is 13.8 Å². The topological polar surface area (TPSA) is 65.7 Å². The minimum absolute atomic E-state index is 0.319. The first-order chi connectivity index (χ1) is 7.20. The van der Waals surface area contributed by atoms with Crippen molar-refractivity contribution >= 4 is 0 Å². The van der Waals surface area contributed by atoms with Crippen LogP contribution in [0.5, 0.6) is 6.01 Å². The summed E-state index contributed by atoms with van der Waals surface area (Å²) >= 11 is 0. The Kier molecular flexibility index (Phi) is 2.32. The number of nitrogens with zero attached hydrogens (tertiary/aromatic N) is 5. The minimum atomic E-state index is 0.319. The fourth-order valence-corrected chi connectivity index (χ4v) is 1.29. The van der Waals surface area contributed by atoms with Gasteiger partial charge in [0, 0.05) is 12.3 Å². The normalized spacial score (nSPS) is 10.3. The fourth-order valence-electron chi connectivity index (χ4n) is 1.29. The molecular weight excluding hydrogens is 194 g/mol. The molecule has 2 rings (SSSR count). The molecule has 0 aliphatic rings. The smallest absolute Gasteiger partial charge is 0.318 e. The predicted molar refractivity (Wildman–Crippen MR) is 53.0 cm³/mol. The van der Waals surface area contributed by atoms with E-state index in [2.05, 4.69) is 20.1 Å². The van der Waals surface area contributed by atoms with E-state index in [1.54, 1.807) is 16.9 Å². The Morgan fingerprint density at radius 3 is 2.67 bits per heavy atom. The van der Waals surface area contributed by atoms with Crippen molar-refractivity contribution in [2.75, 3.05) is 7.11 Å². The zero-order valence-electron chi connectivity index (χ0n) is 8.80. The summed E-state index contributed by atoms with van der Waals surface area (Å²) < 4.78 is 6.59. The molecule has 2 aromatic heterocycles. The van der Waals surface area contributed by atoms with Gasteiger partial charge in [-0.2, -0.15) is 9.67 Å². The van der Waals surface area contributed by atoms with Crippen LogP contribution in [-0.2, 0) is 0 Å². The fraction of sp³-hybridized carbons (Fsp3) is 0.333. The standard InChI is InChI=1S/C9H11N5O/c1-6-11-7(2)14(13-6)8-4-5-10-9(12-8)15-3/h4-5H,1-3H3. The van der Waals surface area contributed by atoms with E-state index in [-0.39, 0.29) is 0 Å². The van der Waals surface area contributed by atoms with Gasteiger partial charge in [0.15, 0.2) is 5.82 Å². The molecule has 0 unspecified atom stereocenters. The lowest BCUT2D eigenvalue weighted by Gasteiger charge is -2.02. The number of hydrogen-bond donors (Lipinski definition) is 0. The second-order valence-corrected chi connectivity index (χ2v) is 3.02. The van der Waals surface area contributed by atoms with E-state index >= 15 is 0 Å². The molecule has 0 aliphatic heterocycles. The van der Waals surface area contributed by atoms with Crippen molar-refractivity contribution in [3.63, 3.8) is 0 Å². The van der Waals surface area contributed by atoms with Gasteiger partial charge in [0.1, 0.15) is 11.6 Å². The van der Waals surface area contributed by atoms with Crippen LogP contribution in [0.3, 0.4) is 0 Å². The lowest BCUT2D eigenvalue weighted by molar-refractivity contribution is 0.378. The van der Waals surface area contributed by atoms with Crippen molar-refractivity contribution in [3.05, 3.63) is 23.9 Å². The molecule has 0 spiro atoms. The lowest BCUT2D eigenvalue weighted by atomic mass is 10.5. The summed E-state index contributed by atoms with van der Waals surface area (Å²) in [5, 5.41) is 4.22. The number of aromatic nitrogens is 5. The van der Waals surface area contributed by atoms with Gasteiger partial charge in [0.2, 0.25) is 0 Å². The van der Waals surface area contributed by atoms with Gasteiger partial charge >= 0.3 is 6.01 Å². The number of methoxy groups -OCH3 is 1. The van der Waals surface area contributed by atoms with Crippen LogP contribution in [0.2, 0.25) is 0 Å². The highest BCUT2D eigenvalue weighted by Crippen LogP contribution is 2.08. The Labute approximate surface area is 87.0 Å². The third-order valence-corrected chi connectivity index (χ3v) is 1.89.